The van der Waals surface area contributed by atoms with Gasteiger partial charge in [-0.05, 0) is 37.1 Å². The summed E-state index contributed by atoms with van der Waals surface area (Å²) in [6, 6.07) is 4.03. The number of esters is 1. The minimum Gasteiger partial charge on any atom is -0.464 e. The number of benzene rings is 1. The molecule has 0 radical (unpaired) electrons. The van der Waals surface area contributed by atoms with Crippen LogP contribution in [0.3, 0.4) is 0 Å². The maximum atomic E-state index is 12.9. The van der Waals surface area contributed by atoms with Gasteiger partial charge < -0.3 is 4.74 Å². The molecule has 0 unspecified atom stereocenters. The van der Waals surface area contributed by atoms with Gasteiger partial charge in [0.05, 0.1) is 12.8 Å². The monoisotopic (exact) mass is 343 g/mol. The molecule has 0 spiro atoms. The number of nitrogens with zero attached hydrogens (tertiary/aromatic N) is 3. The second-order valence-corrected chi connectivity index (χ2v) is 6.04. The first-order valence-corrected chi connectivity index (χ1v) is 7.69. The van der Waals surface area contributed by atoms with E-state index < -0.39 is 35.7 Å². The van der Waals surface area contributed by atoms with Gasteiger partial charge in [0.15, 0.2) is 11.8 Å². The number of hydrogen-bond acceptors (Lipinski definition) is 6. The van der Waals surface area contributed by atoms with Gasteiger partial charge in [0.1, 0.15) is 5.92 Å². The molecule has 8 heteroatoms. The minimum atomic E-state index is -1.15. The van der Waals surface area contributed by atoms with Crippen LogP contribution in [-0.2, 0) is 23.9 Å². The minimum absolute atomic E-state index is 0.229. The highest BCUT2D eigenvalue weighted by Gasteiger charge is 2.59. The third-order valence-electron chi connectivity index (χ3n) is 4.51. The van der Waals surface area contributed by atoms with Crippen molar-refractivity contribution in [2.75, 3.05) is 12.0 Å². The molecule has 25 heavy (non-hydrogen) atoms. The Balaban J connectivity index is 2.07. The van der Waals surface area contributed by atoms with Crippen molar-refractivity contribution < 1.29 is 23.9 Å². The van der Waals surface area contributed by atoms with Crippen LogP contribution in [0.4, 0.5) is 5.69 Å². The molecular weight excluding hydrogens is 326 g/mol. The van der Waals surface area contributed by atoms with Crippen LogP contribution in [0.5, 0.6) is 0 Å². The Hall–Kier alpha value is -3.03. The fourth-order valence-electron chi connectivity index (χ4n) is 3.07. The number of methoxy groups -OCH3 is 1. The number of fused-ring (bicyclic) bond motifs is 1. The van der Waals surface area contributed by atoms with Crippen LogP contribution >= 0.6 is 0 Å². The lowest BCUT2D eigenvalue weighted by atomic mass is 9.98. The van der Waals surface area contributed by atoms with Crippen molar-refractivity contribution in [3.8, 4) is 0 Å². The standard InChI is InChI=1S/C17H17N3O5/c1-8-5-6-11(7-9(8)2)19-15(22)12-13(17(24)25-4)18-20(10(3)21)14(12)16(19)23/h5-7,12,14H,1-4H3/t12-,14+/m1/s1. The van der Waals surface area contributed by atoms with E-state index in [1.807, 2.05) is 13.8 Å². The summed E-state index contributed by atoms with van der Waals surface area (Å²) in [5, 5.41) is 4.75. The zero-order valence-electron chi connectivity index (χ0n) is 14.3. The predicted octanol–water partition coefficient (Wildman–Crippen LogP) is 0.553. The highest BCUT2D eigenvalue weighted by atomic mass is 16.5. The van der Waals surface area contributed by atoms with E-state index in [2.05, 4.69) is 9.84 Å². The van der Waals surface area contributed by atoms with Crippen LogP contribution in [-0.4, -0.2) is 47.6 Å². The highest BCUT2D eigenvalue weighted by molar-refractivity contribution is 6.47. The lowest BCUT2D eigenvalue weighted by molar-refractivity contribution is -0.136. The molecule has 0 saturated carbocycles. The Morgan fingerprint density at radius 2 is 1.80 bits per heavy atom. The number of ether oxygens (including phenoxy) is 1. The number of carbonyl (C=O) groups excluding carboxylic acids is 4. The second-order valence-electron chi connectivity index (χ2n) is 6.04. The van der Waals surface area contributed by atoms with Gasteiger partial charge in [-0.3, -0.25) is 14.4 Å². The van der Waals surface area contributed by atoms with Crippen molar-refractivity contribution in [1.82, 2.24) is 5.01 Å². The second kappa shape index (κ2) is 5.80. The maximum absolute atomic E-state index is 12.9. The average molecular weight is 343 g/mol. The molecule has 2 aliphatic rings. The molecule has 3 rings (SSSR count). The van der Waals surface area contributed by atoms with Gasteiger partial charge in [0.25, 0.3) is 5.91 Å². The zero-order valence-corrected chi connectivity index (χ0v) is 14.3. The molecule has 0 N–H and O–H groups in total. The van der Waals surface area contributed by atoms with E-state index in [0.29, 0.717) is 5.69 Å². The van der Waals surface area contributed by atoms with E-state index in [9.17, 15) is 19.2 Å². The maximum Gasteiger partial charge on any atom is 0.355 e. The van der Waals surface area contributed by atoms with Gasteiger partial charge in [-0.1, -0.05) is 6.07 Å². The molecule has 2 atom stereocenters. The van der Waals surface area contributed by atoms with Crippen molar-refractivity contribution in [3.05, 3.63) is 29.3 Å². The van der Waals surface area contributed by atoms with E-state index >= 15 is 0 Å². The van der Waals surface area contributed by atoms with E-state index in [1.165, 1.54) is 6.92 Å². The number of anilines is 1. The summed E-state index contributed by atoms with van der Waals surface area (Å²) >= 11 is 0. The number of imide groups is 1. The lowest BCUT2D eigenvalue weighted by Gasteiger charge is -2.19. The van der Waals surface area contributed by atoms with Crippen molar-refractivity contribution in [2.45, 2.75) is 26.8 Å². The molecule has 1 aromatic carbocycles. The van der Waals surface area contributed by atoms with Crippen LogP contribution < -0.4 is 4.90 Å². The van der Waals surface area contributed by atoms with E-state index in [-0.39, 0.29) is 5.71 Å². The Kier molecular flexibility index (Phi) is 3.90. The molecule has 130 valence electrons. The summed E-state index contributed by atoms with van der Waals surface area (Å²) in [5.41, 5.74) is 2.11. The number of hydrazone groups is 1. The Labute approximate surface area is 144 Å². The summed E-state index contributed by atoms with van der Waals surface area (Å²) in [6.07, 6.45) is 0. The molecule has 1 saturated heterocycles. The van der Waals surface area contributed by atoms with Gasteiger partial charge in [-0.15, -0.1) is 0 Å². The number of amides is 3. The molecular formula is C17H17N3O5. The molecule has 8 nitrogen and oxygen atoms in total. The van der Waals surface area contributed by atoms with E-state index in [4.69, 9.17) is 0 Å². The first-order chi connectivity index (χ1) is 11.8. The van der Waals surface area contributed by atoms with Crippen LogP contribution in [0.1, 0.15) is 18.1 Å². The SMILES string of the molecule is COC(=O)C1=NN(C(C)=O)[C@@H]2C(=O)N(c3ccc(C)c(C)c3)C(=O)[C@H]12. The smallest absolute Gasteiger partial charge is 0.355 e. The largest absolute Gasteiger partial charge is 0.464 e. The Morgan fingerprint density at radius 3 is 2.36 bits per heavy atom. The van der Waals surface area contributed by atoms with Crippen molar-refractivity contribution >= 4 is 35.1 Å². The number of carbonyl (C=O) groups is 4. The predicted molar refractivity (Wildman–Crippen MR) is 87.7 cm³/mol. The van der Waals surface area contributed by atoms with Crippen LogP contribution in [0.15, 0.2) is 23.3 Å². The van der Waals surface area contributed by atoms with Crippen molar-refractivity contribution in [2.24, 2.45) is 11.0 Å². The lowest BCUT2D eigenvalue weighted by Crippen LogP contribution is -2.41. The summed E-state index contributed by atoms with van der Waals surface area (Å²) in [7, 11) is 1.15. The number of rotatable bonds is 2. The van der Waals surface area contributed by atoms with Gasteiger partial charge in [0.2, 0.25) is 11.8 Å². The normalized spacial score (nSPS) is 22.2. The Morgan fingerprint density at radius 1 is 1.12 bits per heavy atom. The molecule has 1 fully saturated rings. The quantitative estimate of drug-likeness (QED) is 0.577. The Bertz CT molecular complexity index is 845. The van der Waals surface area contributed by atoms with Gasteiger partial charge >= 0.3 is 5.97 Å². The fourth-order valence-corrected chi connectivity index (χ4v) is 3.07. The molecule has 3 amide bonds. The van der Waals surface area contributed by atoms with Crippen molar-refractivity contribution in [1.29, 1.82) is 0 Å². The first kappa shape index (κ1) is 16.8. The first-order valence-electron chi connectivity index (χ1n) is 7.69. The molecule has 2 aliphatic heterocycles. The van der Waals surface area contributed by atoms with Gasteiger partial charge in [-0.2, -0.15) is 5.10 Å². The molecule has 0 aromatic heterocycles. The summed E-state index contributed by atoms with van der Waals surface area (Å²) in [4.78, 5) is 50.5. The summed E-state index contributed by atoms with van der Waals surface area (Å²) < 4.78 is 4.64. The van der Waals surface area contributed by atoms with Crippen LogP contribution in [0.25, 0.3) is 0 Å². The average Bonchev–Trinajstić information content (AvgIpc) is 3.08. The highest BCUT2D eigenvalue weighted by Crippen LogP contribution is 2.35. The molecule has 0 aliphatic carbocycles. The number of hydrogen-bond donors (Lipinski definition) is 0. The molecule has 2 heterocycles. The number of aryl methyl sites for hydroxylation is 2. The van der Waals surface area contributed by atoms with Gasteiger partial charge in [0, 0.05) is 6.92 Å². The zero-order chi connectivity index (χ0) is 18.5. The third kappa shape index (κ3) is 2.41. The van der Waals surface area contributed by atoms with Crippen molar-refractivity contribution in [3.63, 3.8) is 0 Å². The summed E-state index contributed by atoms with van der Waals surface area (Å²) in [6.45, 7) is 5.01. The van der Waals surface area contributed by atoms with Crippen LogP contribution in [0, 0.1) is 19.8 Å². The molecule has 1 aromatic rings. The van der Waals surface area contributed by atoms with Crippen LogP contribution in [0.2, 0.25) is 0 Å². The fraction of sp³-hybridized carbons (Fsp3) is 0.353. The molecule has 0 bridgehead atoms. The topological polar surface area (TPSA) is 96.3 Å². The van der Waals surface area contributed by atoms with Gasteiger partial charge in [-0.25, -0.2) is 14.7 Å². The third-order valence-corrected chi connectivity index (χ3v) is 4.51. The van der Waals surface area contributed by atoms with E-state index in [0.717, 1.165) is 28.1 Å². The summed E-state index contributed by atoms with van der Waals surface area (Å²) in [5.74, 6) is -3.69. The van der Waals surface area contributed by atoms with E-state index in [1.54, 1.807) is 18.2 Å².